The molecule has 0 fully saturated rings. The maximum Gasteiger partial charge on any atom is 0.337 e. The lowest BCUT2D eigenvalue weighted by Gasteiger charge is -2.04. The summed E-state index contributed by atoms with van der Waals surface area (Å²) in [4.78, 5) is 16.0. The molecule has 1 heterocycles. The minimum atomic E-state index is -0.299. The van der Waals surface area contributed by atoms with Crippen molar-refractivity contribution >= 4 is 43.7 Å². The standard InChI is InChI=1S/C11H10Br2N4O2/c1-2-19-11-15-10(16-17-11)14-9(18)7-5-6(12)3-4-8(7)13/h3-5H,2H2,1H3,(H2,14,15,16,17,18). The second-order valence-corrected chi connectivity index (χ2v) is 5.25. The van der Waals surface area contributed by atoms with Crippen LogP contribution in [0.25, 0.3) is 0 Å². The van der Waals surface area contributed by atoms with E-state index in [-0.39, 0.29) is 17.9 Å². The topological polar surface area (TPSA) is 79.9 Å². The van der Waals surface area contributed by atoms with Gasteiger partial charge in [-0.3, -0.25) is 10.1 Å². The zero-order chi connectivity index (χ0) is 13.8. The molecule has 6 nitrogen and oxygen atoms in total. The Bertz CT molecular complexity index is 600. The fourth-order valence-corrected chi connectivity index (χ4v) is 2.13. The third-order valence-electron chi connectivity index (χ3n) is 2.14. The summed E-state index contributed by atoms with van der Waals surface area (Å²) in [6.45, 7) is 2.29. The molecule has 0 saturated carbocycles. The molecule has 2 rings (SSSR count). The SMILES string of the molecule is CCOc1n[nH]c(NC(=O)c2cc(Br)ccc2Br)n1. The first-order valence-electron chi connectivity index (χ1n) is 5.41. The molecule has 1 aromatic heterocycles. The smallest absolute Gasteiger partial charge is 0.337 e. The van der Waals surface area contributed by atoms with Gasteiger partial charge in [0.2, 0.25) is 5.95 Å². The summed E-state index contributed by atoms with van der Waals surface area (Å²) in [6, 6.07) is 5.53. The number of carbonyl (C=O) groups excluding carboxylic acids is 1. The summed E-state index contributed by atoms with van der Waals surface area (Å²) in [5.74, 6) is -0.0623. The van der Waals surface area contributed by atoms with Gasteiger partial charge >= 0.3 is 6.01 Å². The largest absolute Gasteiger partial charge is 0.463 e. The Morgan fingerprint density at radius 2 is 2.26 bits per heavy atom. The molecular formula is C11H10Br2N4O2. The van der Waals surface area contributed by atoms with Crippen molar-refractivity contribution < 1.29 is 9.53 Å². The lowest BCUT2D eigenvalue weighted by atomic mass is 10.2. The fourth-order valence-electron chi connectivity index (χ4n) is 1.34. The van der Waals surface area contributed by atoms with E-state index in [4.69, 9.17) is 4.74 Å². The highest BCUT2D eigenvalue weighted by molar-refractivity contribution is 9.11. The quantitative estimate of drug-likeness (QED) is 0.842. The van der Waals surface area contributed by atoms with Gasteiger partial charge in [-0.2, -0.15) is 4.98 Å². The maximum atomic E-state index is 12.1. The van der Waals surface area contributed by atoms with Crippen LogP contribution in [-0.4, -0.2) is 27.7 Å². The molecule has 100 valence electrons. The van der Waals surface area contributed by atoms with E-state index in [1.807, 2.05) is 13.0 Å². The van der Waals surface area contributed by atoms with Gasteiger partial charge in [0.1, 0.15) is 0 Å². The Hall–Kier alpha value is -1.41. The highest BCUT2D eigenvalue weighted by atomic mass is 79.9. The van der Waals surface area contributed by atoms with E-state index in [2.05, 4.69) is 52.4 Å². The molecule has 0 aliphatic heterocycles. The number of hydrogen-bond donors (Lipinski definition) is 2. The van der Waals surface area contributed by atoms with Crippen LogP contribution in [0, 0.1) is 0 Å². The molecule has 2 N–H and O–H groups in total. The fraction of sp³-hybridized carbons (Fsp3) is 0.182. The van der Waals surface area contributed by atoms with Crippen molar-refractivity contribution in [2.24, 2.45) is 0 Å². The van der Waals surface area contributed by atoms with E-state index < -0.39 is 0 Å². The lowest BCUT2D eigenvalue weighted by molar-refractivity contribution is 0.102. The molecular weight excluding hydrogens is 380 g/mol. The van der Waals surface area contributed by atoms with Gasteiger partial charge in [-0.1, -0.05) is 15.9 Å². The van der Waals surface area contributed by atoms with Gasteiger partial charge in [-0.25, -0.2) is 5.10 Å². The van der Waals surface area contributed by atoms with Crippen molar-refractivity contribution in [3.63, 3.8) is 0 Å². The predicted molar refractivity (Wildman–Crippen MR) is 77.3 cm³/mol. The van der Waals surface area contributed by atoms with Crippen LogP contribution >= 0.6 is 31.9 Å². The highest BCUT2D eigenvalue weighted by Crippen LogP contribution is 2.22. The zero-order valence-electron chi connectivity index (χ0n) is 9.91. The summed E-state index contributed by atoms with van der Waals surface area (Å²) in [6.07, 6.45) is 0. The number of hydrogen-bond acceptors (Lipinski definition) is 4. The van der Waals surface area contributed by atoms with Crippen molar-refractivity contribution in [2.45, 2.75) is 6.92 Å². The number of carbonyl (C=O) groups is 1. The number of rotatable bonds is 4. The van der Waals surface area contributed by atoms with Crippen LogP contribution in [0.2, 0.25) is 0 Å². The first-order valence-corrected chi connectivity index (χ1v) is 7.00. The Morgan fingerprint density at radius 1 is 1.47 bits per heavy atom. The molecule has 19 heavy (non-hydrogen) atoms. The summed E-state index contributed by atoms with van der Waals surface area (Å²) < 4.78 is 6.60. The molecule has 0 bridgehead atoms. The van der Waals surface area contributed by atoms with E-state index in [0.29, 0.717) is 16.6 Å². The van der Waals surface area contributed by atoms with Crippen LogP contribution in [0.5, 0.6) is 6.01 Å². The first-order chi connectivity index (χ1) is 9.10. The molecule has 0 aliphatic rings. The van der Waals surface area contributed by atoms with Gasteiger partial charge in [-0.05, 0) is 41.1 Å². The lowest BCUT2D eigenvalue weighted by Crippen LogP contribution is -2.13. The molecule has 1 amide bonds. The van der Waals surface area contributed by atoms with E-state index in [1.165, 1.54) is 0 Å². The second-order valence-electron chi connectivity index (χ2n) is 3.48. The Labute approximate surface area is 126 Å². The number of H-pyrrole nitrogens is 1. The number of nitrogens with zero attached hydrogens (tertiary/aromatic N) is 2. The van der Waals surface area contributed by atoms with Crippen LogP contribution in [0.1, 0.15) is 17.3 Å². The number of ether oxygens (including phenoxy) is 1. The van der Waals surface area contributed by atoms with Crippen molar-refractivity contribution in [1.82, 2.24) is 15.2 Å². The second kappa shape index (κ2) is 6.16. The monoisotopic (exact) mass is 388 g/mol. The van der Waals surface area contributed by atoms with Gasteiger partial charge in [-0.15, -0.1) is 5.10 Å². The first kappa shape index (κ1) is 14.0. The molecule has 0 atom stereocenters. The summed E-state index contributed by atoms with van der Waals surface area (Å²) >= 11 is 6.64. The summed E-state index contributed by atoms with van der Waals surface area (Å²) in [5.41, 5.74) is 0.490. The minimum Gasteiger partial charge on any atom is -0.463 e. The molecule has 0 spiro atoms. The number of aromatic nitrogens is 3. The molecule has 8 heteroatoms. The van der Waals surface area contributed by atoms with Gasteiger partial charge < -0.3 is 4.74 Å². The Morgan fingerprint density at radius 3 is 3.00 bits per heavy atom. The van der Waals surface area contributed by atoms with Crippen LogP contribution in [0.4, 0.5) is 5.95 Å². The van der Waals surface area contributed by atoms with Gasteiger partial charge in [0, 0.05) is 8.95 Å². The van der Waals surface area contributed by atoms with E-state index in [1.54, 1.807) is 12.1 Å². The van der Waals surface area contributed by atoms with Crippen molar-refractivity contribution in [2.75, 3.05) is 11.9 Å². The number of halogens is 2. The van der Waals surface area contributed by atoms with E-state index >= 15 is 0 Å². The molecule has 0 radical (unpaired) electrons. The van der Waals surface area contributed by atoms with Gasteiger partial charge in [0.15, 0.2) is 0 Å². The predicted octanol–water partition coefficient (Wildman–Crippen LogP) is 2.98. The molecule has 0 saturated heterocycles. The number of amides is 1. The third kappa shape index (κ3) is 3.54. The van der Waals surface area contributed by atoms with Crippen LogP contribution in [0.3, 0.4) is 0 Å². The highest BCUT2D eigenvalue weighted by Gasteiger charge is 2.13. The average Bonchev–Trinajstić information content (AvgIpc) is 2.80. The van der Waals surface area contributed by atoms with Crippen LogP contribution in [-0.2, 0) is 0 Å². The Balaban J connectivity index is 2.13. The van der Waals surface area contributed by atoms with E-state index in [0.717, 1.165) is 4.47 Å². The Kier molecular flexibility index (Phi) is 4.54. The third-order valence-corrected chi connectivity index (χ3v) is 3.33. The number of nitrogens with one attached hydrogen (secondary N) is 2. The normalized spacial score (nSPS) is 10.3. The van der Waals surface area contributed by atoms with Crippen molar-refractivity contribution in [3.05, 3.63) is 32.7 Å². The summed E-state index contributed by atoms with van der Waals surface area (Å²) in [5, 5.41) is 8.98. The van der Waals surface area contributed by atoms with E-state index in [9.17, 15) is 4.79 Å². The molecule has 0 unspecified atom stereocenters. The number of aromatic amines is 1. The van der Waals surface area contributed by atoms with Gasteiger partial charge in [0.25, 0.3) is 5.91 Å². The van der Waals surface area contributed by atoms with Crippen LogP contribution < -0.4 is 10.1 Å². The number of anilines is 1. The van der Waals surface area contributed by atoms with Crippen LogP contribution in [0.15, 0.2) is 27.1 Å². The average molecular weight is 390 g/mol. The zero-order valence-corrected chi connectivity index (χ0v) is 13.1. The number of benzene rings is 1. The molecule has 0 aliphatic carbocycles. The molecule has 2 aromatic rings. The van der Waals surface area contributed by atoms with Gasteiger partial charge in [0.05, 0.1) is 12.2 Å². The van der Waals surface area contributed by atoms with Crippen molar-refractivity contribution in [3.8, 4) is 6.01 Å². The summed E-state index contributed by atoms with van der Waals surface area (Å²) in [7, 11) is 0. The minimum absolute atomic E-state index is 0.200. The molecule has 1 aromatic carbocycles. The maximum absolute atomic E-state index is 12.1. The van der Waals surface area contributed by atoms with Crippen molar-refractivity contribution in [1.29, 1.82) is 0 Å².